The second-order valence-electron chi connectivity index (χ2n) is 10.6. The van der Waals surface area contributed by atoms with E-state index in [1.807, 2.05) is 18.2 Å². The second kappa shape index (κ2) is 12.8. The average Bonchev–Trinajstić information content (AvgIpc) is 2.95. The van der Waals surface area contributed by atoms with E-state index >= 15 is 0 Å². The van der Waals surface area contributed by atoms with Crippen molar-refractivity contribution in [2.24, 2.45) is 0 Å². The van der Waals surface area contributed by atoms with E-state index in [1.54, 1.807) is 30.3 Å². The first-order valence-corrected chi connectivity index (χ1v) is 15.0. The van der Waals surface area contributed by atoms with Crippen LogP contribution in [0.5, 0.6) is 0 Å². The predicted molar refractivity (Wildman–Crippen MR) is 162 cm³/mol. The quantitative estimate of drug-likeness (QED) is 0.217. The van der Waals surface area contributed by atoms with Gasteiger partial charge in [-0.25, -0.2) is 4.79 Å². The van der Waals surface area contributed by atoms with Gasteiger partial charge in [0.15, 0.2) is 0 Å². The van der Waals surface area contributed by atoms with Gasteiger partial charge in [0.25, 0.3) is 14.2 Å². The zero-order chi connectivity index (χ0) is 28.6. The molecule has 0 unspecified atom stereocenters. The summed E-state index contributed by atoms with van der Waals surface area (Å²) in [5.74, 6) is -0.156. The molecule has 4 rings (SSSR count). The zero-order valence-electron chi connectivity index (χ0n) is 23.2. The first-order valence-electron chi connectivity index (χ1n) is 13.1. The van der Waals surface area contributed by atoms with Gasteiger partial charge in [0.2, 0.25) is 0 Å². The summed E-state index contributed by atoms with van der Waals surface area (Å²) in [6.07, 6.45) is 1.54. The SMILES string of the molecule is C=C(COCn1ccc(NC(=O)c2ccccc2)nc1=O)CO[Si](c1ccccc1)(c1ccccc1)C(C)(C)C. The Kier molecular flexibility index (Phi) is 9.26. The van der Waals surface area contributed by atoms with Crippen molar-refractivity contribution in [2.45, 2.75) is 32.5 Å². The Morgan fingerprint density at radius 2 is 1.43 bits per heavy atom. The van der Waals surface area contributed by atoms with Crippen LogP contribution >= 0.6 is 0 Å². The monoisotopic (exact) mass is 553 g/mol. The number of aromatic nitrogens is 2. The summed E-state index contributed by atoms with van der Waals surface area (Å²) in [7, 11) is -2.68. The van der Waals surface area contributed by atoms with Crippen LogP contribution in [0.15, 0.2) is 120 Å². The van der Waals surface area contributed by atoms with Gasteiger partial charge >= 0.3 is 5.69 Å². The smallest absolute Gasteiger partial charge is 0.351 e. The molecule has 1 heterocycles. The molecule has 0 saturated carbocycles. The number of hydrogen-bond donors (Lipinski definition) is 1. The van der Waals surface area contributed by atoms with Crippen molar-refractivity contribution in [3.8, 4) is 0 Å². The van der Waals surface area contributed by atoms with Gasteiger partial charge in [0.05, 0.1) is 13.2 Å². The molecular weight excluding hydrogens is 518 g/mol. The minimum atomic E-state index is -2.68. The number of rotatable bonds is 11. The van der Waals surface area contributed by atoms with Crippen molar-refractivity contribution < 1.29 is 14.0 Å². The normalized spacial score (nSPS) is 11.7. The van der Waals surface area contributed by atoms with Crippen molar-refractivity contribution in [1.29, 1.82) is 0 Å². The van der Waals surface area contributed by atoms with Gasteiger partial charge in [-0.05, 0) is 39.2 Å². The lowest BCUT2D eigenvalue weighted by Crippen LogP contribution is -2.66. The van der Waals surface area contributed by atoms with Crippen LogP contribution in [0.2, 0.25) is 5.04 Å². The van der Waals surface area contributed by atoms with Crippen LogP contribution < -0.4 is 21.4 Å². The van der Waals surface area contributed by atoms with Crippen LogP contribution in [0.4, 0.5) is 5.82 Å². The number of amides is 1. The van der Waals surface area contributed by atoms with Crippen molar-refractivity contribution in [3.05, 3.63) is 131 Å². The molecule has 0 aliphatic carbocycles. The van der Waals surface area contributed by atoms with Crippen molar-refractivity contribution in [1.82, 2.24) is 9.55 Å². The van der Waals surface area contributed by atoms with Crippen LogP contribution in [0.1, 0.15) is 31.1 Å². The lowest BCUT2D eigenvalue weighted by molar-refractivity contribution is 0.0869. The second-order valence-corrected chi connectivity index (χ2v) is 14.9. The first kappa shape index (κ1) is 28.9. The average molecular weight is 554 g/mol. The van der Waals surface area contributed by atoms with Crippen LogP contribution in [0.25, 0.3) is 0 Å². The van der Waals surface area contributed by atoms with E-state index in [4.69, 9.17) is 9.16 Å². The lowest BCUT2D eigenvalue weighted by atomic mass is 10.2. The largest absolute Gasteiger partial charge is 0.403 e. The van der Waals surface area contributed by atoms with Gasteiger partial charge in [-0.1, -0.05) is 106 Å². The molecule has 0 aliphatic heterocycles. The number of benzene rings is 3. The van der Waals surface area contributed by atoms with Gasteiger partial charge in [-0.2, -0.15) is 4.98 Å². The molecule has 0 radical (unpaired) electrons. The molecule has 4 aromatic rings. The summed E-state index contributed by atoms with van der Waals surface area (Å²) < 4.78 is 14.0. The van der Waals surface area contributed by atoms with Crippen LogP contribution in [-0.2, 0) is 15.9 Å². The van der Waals surface area contributed by atoms with E-state index in [1.165, 1.54) is 21.1 Å². The molecule has 1 amide bonds. The molecule has 0 spiro atoms. The molecule has 8 heteroatoms. The fourth-order valence-electron chi connectivity index (χ4n) is 4.68. The number of carbonyl (C=O) groups is 1. The number of carbonyl (C=O) groups excluding carboxylic acids is 1. The van der Waals surface area contributed by atoms with Gasteiger partial charge in [0, 0.05) is 11.8 Å². The summed E-state index contributed by atoms with van der Waals surface area (Å²) in [5, 5.41) is 4.88. The van der Waals surface area contributed by atoms with Crippen molar-refractivity contribution in [2.75, 3.05) is 18.5 Å². The van der Waals surface area contributed by atoms with Gasteiger partial charge in [0.1, 0.15) is 12.5 Å². The standard InChI is InChI=1S/C32H35N3O4Si/c1-25(22-38-24-35-21-20-29(34-31(35)37)33-30(36)26-14-8-5-9-15-26)23-39-40(32(2,3)4,27-16-10-6-11-17-27)28-18-12-7-13-19-28/h5-21H,1,22-24H2,2-4H3,(H,33,34,36,37). The molecular formula is C32H35N3O4Si. The Morgan fingerprint density at radius 1 is 0.875 bits per heavy atom. The Bertz CT molecular complexity index is 1440. The minimum absolute atomic E-state index is 0.00300. The Balaban J connectivity index is 1.39. The number of nitrogens with zero attached hydrogens (tertiary/aromatic N) is 2. The topological polar surface area (TPSA) is 82.5 Å². The number of anilines is 1. The first-order chi connectivity index (χ1) is 19.2. The molecule has 0 saturated heterocycles. The van der Waals surface area contributed by atoms with E-state index in [0.29, 0.717) is 12.2 Å². The summed E-state index contributed by atoms with van der Waals surface area (Å²) in [6, 6.07) is 31.1. The third-order valence-corrected chi connectivity index (χ3v) is 11.6. The third kappa shape index (κ3) is 6.71. The summed E-state index contributed by atoms with van der Waals surface area (Å²) in [6.45, 7) is 11.4. The fourth-order valence-corrected chi connectivity index (χ4v) is 9.25. The van der Waals surface area contributed by atoms with Crippen LogP contribution in [0, 0.1) is 0 Å². The Hall–Kier alpha value is -4.11. The maximum absolute atomic E-state index is 12.5. The molecule has 0 fully saturated rings. The van der Waals surface area contributed by atoms with E-state index < -0.39 is 14.0 Å². The highest BCUT2D eigenvalue weighted by Crippen LogP contribution is 2.36. The Morgan fingerprint density at radius 3 is 1.95 bits per heavy atom. The highest BCUT2D eigenvalue weighted by Gasteiger charge is 2.50. The highest BCUT2D eigenvalue weighted by molar-refractivity contribution is 6.99. The molecule has 7 nitrogen and oxygen atoms in total. The molecule has 0 aliphatic rings. The maximum atomic E-state index is 12.5. The van der Waals surface area contributed by atoms with Crippen molar-refractivity contribution >= 4 is 30.4 Å². The van der Waals surface area contributed by atoms with E-state index in [2.05, 4.69) is 86.2 Å². The number of hydrogen-bond acceptors (Lipinski definition) is 5. The molecule has 40 heavy (non-hydrogen) atoms. The van der Waals surface area contributed by atoms with Crippen LogP contribution in [-0.4, -0.2) is 37.0 Å². The van der Waals surface area contributed by atoms with E-state index in [-0.39, 0.29) is 30.1 Å². The predicted octanol–water partition coefficient (Wildman–Crippen LogP) is 4.60. The summed E-state index contributed by atoms with van der Waals surface area (Å²) >= 11 is 0. The van der Waals surface area contributed by atoms with Crippen LogP contribution in [0.3, 0.4) is 0 Å². The number of nitrogens with one attached hydrogen (secondary N) is 1. The third-order valence-electron chi connectivity index (χ3n) is 6.60. The molecule has 206 valence electrons. The molecule has 1 aromatic heterocycles. The van der Waals surface area contributed by atoms with E-state index in [0.717, 1.165) is 5.57 Å². The van der Waals surface area contributed by atoms with Crippen molar-refractivity contribution in [3.63, 3.8) is 0 Å². The molecule has 1 N–H and O–H groups in total. The van der Waals surface area contributed by atoms with Gasteiger partial charge in [-0.15, -0.1) is 0 Å². The van der Waals surface area contributed by atoms with Gasteiger partial charge < -0.3 is 14.5 Å². The van der Waals surface area contributed by atoms with E-state index in [9.17, 15) is 9.59 Å². The minimum Gasteiger partial charge on any atom is -0.403 e. The Labute approximate surface area is 236 Å². The maximum Gasteiger partial charge on any atom is 0.351 e. The highest BCUT2D eigenvalue weighted by atomic mass is 28.4. The summed E-state index contributed by atoms with van der Waals surface area (Å²) in [5.41, 5.74) is 0.719. The molecule has 0 atom stereocenters. The fraction of sp³-hybridized carbons (Fsp3) is 0.219. The molecule has 3 aromatic carbocycles. The zero-order valence-corrected chi connectivity index (χ0v) is 24.2. The lowest BCUT2D eigenvalue weighted by Gasteiger charge is -2.43. The number of ether oxygens (including phenoxy) is 1. The summed E-state index contributed by atoms with van der Waals surface area (Å²) in [4.78, 5) is 28.8. The molecule has 0 bridgehead atoms. The van der Waals surface area contributed by atoms with Gasteiger partial charge in [-0.3, -0.25) is 9.36 Å².